The standard InChI is InChI=1S/C19H19N3O2.ClH/c23-18-9-6-12-11-13(7-8-16(12)22-18)21-19(24)15-3-1-5-17-14(15)4-2-10-20-17;/h1,3,5,7-8,11,20H,2,4,6,9-10H2,(H,21,24)(H,22,23);1H. The molecule has 3 N–H and O–H groups in total. The van der Waals surface area contributed by atoms with Gasteiger partial charge in [-0.05, 0) is 60.7 Å². The fourth-order valence-corrected chi connectivity index (χ4v) is 3.38. The van der Waals surface area contributed by atoms with Gasteiger partial charge in [-0.3, -0.25) is 9.59 Å². The number of anilines is 3. The summed E-state index contributed by atoms with van der Waals surface area (Å²) in [4.78, 5) is 24.1. The van der Waals surface area contributed by atoms with E-state index in [1.807, 2.05) is 36.4 Å². The smallest absolute Gasteiger partial charge is 0.256 e. The van der Waals surface area contributed by atoms with Gasteiger partial charge in [0.05, 0.1) is 0 Å². The minimum atomic E-state index is -0.0876. The molecule has 2 aliphatic heterocycles. The second-order valence-electron chi connectivity index (χ2n) is 6.24. The molecule has 2 aromatic carbocycles. The molecule has 2 aromatic rings. The Kier molecular flexibility index (Phi) is 4.95. The van der Waals surface area contributed by atoms with Crippen LogP contribution in [0.3, 0.4) is 0 Å². The molecule has 2 amide bonds. The van der Waals surface area contributed by atoms with Crippen molar-refractivity contribution in [3.63, 3.8) is 0 Å². The maximum Gasteiger partial charge on any atom is 0.256 e. The summed E-state index contributed by atoms with van der Waals surface area (Å²) < 4.78 is 0. The van der Waals surface area contributed by atoms with E-state index in [2.05, 4.69) is 16.0 Å². The van der Waals surface area contributed by atoms with Gasteiger partial charge < -0.3 is 16.0 Å². The minimum absolute atomic E-state index is 0. The average Bonchev–Trinajstić information content (AvgIpc) is 2.61. The van der Waals surface area contributed by atoms with Crippen LogP contribution in [0.5, 0.6) is 0 Å². The second kappa shape index (κ2) is 7.15. The van der Waals surface area contributed by atoms with Gasteiger partial charge >= 0.3 is 0 Å². The fourth-order valence-electron chi connectivity index (χ4n) is 3.38. The van der Waals surface area contributed by atoms with Crippen LogP contribution in [-0.4, -0.2) is 18.4 Å². The summed E-state index contributed by atoms with van der Waals surface area (Å²) in [6.07, 6.45) is 3.15. The van der Waals surface area contributed by atoms with Crippen molar-refractivity contribution >= 4 is 41.3 Å². The Morgan fingerprint density at radius 1 is 1.04 bits per heavy atom. The molecule has 0 aliphatic carbocycles. The Hall–Kier alpha value is -2.53. The Bertz CT molecular complexity index is 835. The Balaban J connectivity index is 0.00000182. The maximum atomic E-state index is 12.7. The normalized spacial score (nSPS) is 15.0. The topological polar surface area (TPSA) is 70.2 Å². The number of hydrogen-bond donors (Lipinski definition) is 3. The molecule has 130 valence electrons. The van der Waals surface area contributed by atoms with Crippen LogP contribution in [0.2, 0.25) is 0 Å². The molecular weight excluding hydrogens is 338 g/mol. The van der Waals surface area contributed by atoms with Crippen LogP contribution >= 0.6 is 12.4 Å². The van der Waals surface area contributed by atoms with Crippen LogP contribution in [0, 0.1) is 0 Å². The lowest BCUT2D eigenvalue weighted by Crippen LogP contribution is -2.21. The van der Waals surface area contributed by atoms with Crippen LogP contribution in [0.25, 0.3) is 0 Å². The van der Waals surface area contributed by atoms with E-state index in [1.165, 1.54) is 0 Å². The number of benzene rings is 2. The summed E-state index contributed by atoms with van der Waals surface area (Å²) in [5, 5.41) is 9.19. The highest BCUT2D eigenvalue weighted by atomic mass is 35.5. The molecular formula is C19H20ClN3O2. The number of rotatable bonds is 2. The highest BCUT2D eigenvalue weighted by Gasteiger charge is 2.19. The number of fused-ring (bicyclic) bond motifs is 2. The molecule has 0 aromatic heterocycles. The Morgan fingerprint density at radius 2 is 1.92 bits per heavy atom. The predicted molar refractivity (Wildman–Crippen MR) is 102 cm³/mol. The SMILES string of the molecule is Cl.O=C1CCc2cc(NC(=O)c3cccc4c3CCCN4)ccc2N1. The molecule has 6 heteroatoms. The first-order chi connectivity index (χ1) is 11.7. The average molecular weight is 358 g/mol. The fraction of sp³-hybridized carbons (Fsp3) is 0.263. The van der Waals surface area contributed by atoms with E-state index in [0.717, 1.165) is 53.1 Å². The molecule has 4 rings (SSSR count). The van der Waals surface area contributed by atoms with Crippen molar-refractivity contribution < 1.29 is 9.59 Å². The van der Waals surface area contributed by atoms with Gasteiger partial charge in [-0.15, -0.1) is 12.4 Å². The molecule has 0 fully saturated rings. The lowest BCUT2D eigenvalue weighted by Gasteiger charge is -2.21. The van der Waals surface area contributed by atoms with Crippen LogP contribution in [0.1, 0.15) is 34.3 Å². The van der Waals surface area contributed by atoms with E-state index < -0.39 is 0 Å². The zero-order valence-corrected chi connectivity index (χ0v) is 14.5. The summed E-state index contributed by atoms with van der Waals surface area (Å²) in [7, 11) is 0. The quantitative estimate of drug-likeness (QED) is 0.769. The number of hydrogen-bond acceptors (Lipinski definition) is 3. The number of halogens is 1. The molecule has 0 radical (unpaired) electrons. The molecule has 25 heavy (non-hydrogen) atoms. The molecule has 0 unspecified atom stereocenters. The summed E-state index contributed by atoms with van der Waals surface area (Å²) in [5.74, 6) is -0.0435. The largest absolute Gasteiger partial charge is 0.385 e. The van der Waals surface area contributed by atoms with Crippen LogP contribution in [0.4, 0.5) is 17.1 Å². The zero-order chi connectivity index (χ0) is 16.5. The van der Waals surface area contributed by atoms with Gasteiger partial charge in [0.25, 0.3) is 5.91 Å². The van der Waals surface area contributed by atoms with Crippen molar-refractivity contribution in [2.24, 2.45) is 0 Å². The van der Waals surface area contributed by atoms with Gasteiger partial charge in [-0.25, -0.2) is 0 Å². The van der Waals surface area contributed by atoms with Crippen molar-refractivity contribution in [1.82, 2.24) is 0 Å². The second-order valence-corrected chi connectivity index (χ2v) is 6.24. The molecule has 0 bridgehead atoms. The third-order valence-electron chi connectivity index (χ3n) is 4.60. The molecule has 0 spiro atoms. The zero-order valence-electron chi connectivity index (χ0n) is 13.7. The lowest BCUT2D eigenvalue weighted by atomic mass is 9.97. The Labute approximate surface area is 152 Å². The van der Waals surface area contributed by atoms with Crippen LogP contribution < -0.4 is 16.0 Å². The van der Waals surface area contributed by atoms with E-state index in [4.69, 9.17) is 0 Å². The molecule has 2 aliphatic rings. The first-order valence-corrected chi connectivity index (χ1v) is 8.30. The maximum absolute atomic E-state index is 12.7. The number of amides is 2. The van der Waals surface area contributed by atoms with E-state index >= 15 is 0 Å². The van der Waals surface area contributed by atoms with E-state index in [0.29, 0.717) is 12.8 Å². The monoisotopic (exact) mass is 357 g/mol. The van der Waals surface area contributed by atoms with E-state index in [-0.39, 0.29) is 24.2 Å². The van der Waals surface area contributed by atoms with Crippen LogP contribution in [-0.2, 0) is 17.6 Å². The summed E-state index contributed by atoms with van der Waals surface area (Å²) in [6.45, 7) is 0.953. The highest BCUT2D eigenvalue weighted by molar-refractivity contribution is 6.06. The van der Waals surface area contributed by atoms with Crippen LogP contribution in [0.15, 0.2) is 36.4 Å². The number of carbonyl (C=O) groups excluding carboxylic acids is 2. The summed E-state index contributed by atoms with van der Waals surface area (Å²) >= 11 is 0. The van der Waals surface area contributed by atoms with Crippen molar-refractivity contribution in [2.45, 2.75) is 25.7 Å². The minimum Gasteiger partial charge on any atom is -0.385 e. The van der Waals surface area contributed by atoms with Gasteiger partial charge in [0.2, 0.25) is 5.91 Å². The lowest BCUT2D eigenvalue weighted by molar-refractivity contribution is -0.116. The third kappa shape index (κ3) is 3.46. The van der Waals surface area contributed by atoms with E-state index in [9.17, 15) is 9.59 Å². The molecule has 0 saturated heterocycles. The van der Waals surface area contributed by atoms with Gasteiger partial charge in [0.15, 0.2) is 0 Å². The predicted octanol–water partition coefficient (Wildman–Crippen LogP) is 3.60. The van der Waals surface area contributed by atoms with Gasteiger partial charge in [-0.1, -0.05) is 6.07 Å². The van der Waals surface area contributed by atoms with Gasteiger partial charge in [0.1, 0.15) is 0 Å². The molecule has 2 heterocycles. The summed E-state index contributed by atoms with van der Waals surface area (Å²) in [5.41, 5.74) is 5.53. The number of carbonyl (C=O) groups is 2. The van der Waals surface area contributed by atoms with Gasteiger partial charge in [-0.2, -0.15) is 0 Å². The van der Waals surface area contributed by atoms with Crippen molar-refractivity contribution in [3.05, 3.63) is 53.1 Å². The number of nitrogens with one attached hydrogen (secondary N) is 3. The molecule has 5 nitrogen and oxygen atoms in total. The van der Waals surface area contributed by atoms with Gasteiger partial charge in [0, 0.05) is 35.6 Å². The molecule has 0 saturated carbocycles. The number of aryl methyl sites for hydroxylation is 1. The Morgan fingerprint density at radius 3 is 2.80 bits per heavy atom. The third-order valence-corrected chi connectivity index (χ3v) is 4.60. The van der Waals surface area contributed by atoms with Crippen molar-refractivity contribution in [1.29, 1.82) is 0 Å². The van der Waals surface area contributed by atoms with Crippen molar-refractivity contribution in [2.75, 3.05) is 22.5 Å². The molecule has 0 atom stereocenters. The van der Waals surface area contributed by atoms with E-state index in [1.54, 1.807) is 0 Å². The first kappa shape index (κ1) is 17.3. The summed E-state index contributed by atoms with van der Waals surface area (Å²) in [6, 6.07) is 11.4. The first-order valence-electron chi connectivity index (χ1n) is 8.30. The highest BCUT2D eigenvalue weighted by Crippen LogP contribution is 2.28. The van der Waals surface area contributed by atoms with Crippen molar-refractivity contribution in [3.8, 4) is 0 Å².